The van der Waals surface area contributed by atoms with E-state index in [1.165, 1.54) is 12.1 Å². The predicted octanol–water partition coefficient (Wildman–Crippen LogP) is 3.60. The van der Waals surface area contributed by atoms with Crippen LogP contribution in [0.5, 0.6) is 0 Å². The molecule has 2 N–H and O–H groups in total. The Balaban J connectivity index is 0.00000208. The van der Waals surface area contributed by atoms with Crippen molar-refractivity contribution in [3.05, 3.63) is 71.5 Å². The lowest BCUT2D eigenvalue weighted by Crippen LogP contribution is -2.34. The summed E-state index contributed by atoms with van der Waals surface area (Å²) in [6.45, 7) is 0.976. The zero-order chi connectivity index (χ0) is 16.1. The van der Waals surface area contributed by atoms with Crippen molar-refractivity contribution in [2.24, 2.45) is 0 Å². The van der Waals surface area contributed by atoms with Crippen molar-refractivity contribution >= 4 is 18.3 Å². The van der Waals surface area contributed by atoms with Gasteiger partial charge in [0.25, 0.3) is 0 Å². The molecule has 128 valence electrons. The largest absolute Gasteiger partial charge is 0.345 e. The van der Waals surface area contributed by atoms with E-state index >= 15 is 0 Å². The standard InChI is InChI=1S/C19H21FN2O.ClH/c20-16-9-4-8-15(12-16)19(14-6-2-1-3-7-14)22-18(23)13-17-10-5-11-21-17;/h1-4,6-9,12,17,19,21H,5,10-11,13H2,(H,22,23);1H. The van der Waals surface area contributed by atoms with Crippen molar-refractivity contribution < 1.29 is 9.18 Å². The molecule has 1 fully saturated rings. The first-order chi connectivity index (χ1) is 11.2. The van der Waals surface area contributed by atoms with Gasteiger partial charge in [0.1, 0.15) is 5.82 Å². The fourth-order valence-electron chi connectivity index (χ4n) is 3.07. The van der Waals surface area contributed by atoms with E-state index in [4.69, 9.17) is 0 Å². The molecule has 2 atom stereocenters. The Morgan fingerprint density at radius 1 is 1.17 bits per heavy atom. The van der Waals surface area contributed by atoms with Crippen LogP contribution >= 0.6 is 12.4 Å². The molecule has 1 saturated heterocycles. The van der Waals surface area contributed by atoms with Crippen LogP contribution in [0.2, 0.25) is 0 Å². The molecule has 3 nitrogen and oxygen atoms in total. The second-order valence-electron chi connectivity index (χ2n) is 5.96. The first-order valence-corrected chi connectivity index (χ1v) is 8.05. The van der Waals surface area contributed by atoms with Crippen LogP contribution in [0.25, 0.3) is 0 Å². The quantitative estimate of drug-likeness (QED) is 0.867. The van der Waals surface area contributed by atoms with Crippen molar-refractivity contribution in [3.63, 3.8) is 0 Å². The van der Waals surface area contributed by atoms with E-state index in [-0.39, 0.29) is 36.2 Å². The highest BCUT2D eigenvalue weighted by atomic mass is 35.5. The van der Waals surface area contributed by atoms with Crippen molar-refractivity contribution in [2.75, 3.05) is 6.54 Å². The smallest absolute Gasteiger partial charge is 0.222 e. The maximum absolute atomic E-state index is 13.6. The van der Waals surface area contributed by atoms with E-state index in [2.05, 4.69) is 10.6 Å². The number of carbonyl (C=O) groups is 1. The molecule has 2 aromatic rings. The zero-order valence-electron chi connectivity index (χ0n) is 13.4. The lowest BCUT2D eigenvalue weighted by Gasteiger charge is -2.21. The maximum atomic E-state index is 13.6. The monoisotopic (exact) mass is 348 g/mol. The van der Waals surface area contributed by atoms with Crippen LogP contribution in [0.4, 0.5) is 4.39 Å². The summed E-state index contributed by atoms with van der Waals surface area (Å²) in [7, 11) is 0. The van der Waals surface area contributed by atoms with Gasteiger partial charge in [-0.1, -0.05) is 42.5 Å². The van der Waals surface area contributed by atoms with Gasteiger partial charge in [0.05, 0.1) is 6.04 Å². The Morgan fingerprint density at radius 2 is 1.92 bits per heavy atom. The second kappa shape index (κ2) is 8.81. The molecule has 1 aliphatic rings. The molecule has 0 aliphatic carbocycles. The van der Waals surface area contributed by atoms with E-state index in [1.54, 1.807) is 6.07 Å². The average molecular weight is 349 g/mol. The van der Waals surface area contributed by atoms with Crippen LogP contribution in [0.1, 0.15) is 36.4 Å². The topological polar surface area (TPSA) is 41.1 Å². The van der Waals surface area contributed by atoms with Crippen LogP contribution in [-0.4, -0.2) is 18.5 Å². The summed E-state index contributed by atoms with van der Waals surface area (Å²) in [5.74, 6) is -0.308. The normalized spacial score (nSPS) is 17.8. The average Bonchev–Trinajstić information content (AvgIpc) is 3.06. The molecule has 5 heteroatoms. The fraction of sp³-hybridized carbons (Fsp3) is 0.316. The fourth-order valence-corrected chi connectivity index (χ4v) is 3.07. The minimum Gasteiger partial charge on any atom is -0.345 e. The number of halogens is 2. The van der Waals surface area contributed by atoms with Crippen molar-refractivity contribution in [3.8, 4) is 0 Å². The number of hydrogen-bond acceptors (Lipinski definition) is 2. The Kier molecular flexibility index (Phi) is 6.76. The van der Waals surface area contributed by atoms with Gasteiger partial charge in [0, 0.05) is 12.5 Å². The summed E-state index contributed by atoms with van der Waals surface area (Å²) in [6.07, 6.45) is 2.60. The third-order valence-electron chi connectivity index (χ3n) is 4.21. The lowest BCUT2D eigenvalue weighted by atomic mass is 9.98. The summed E-state index contributed by atoms with van der Waals surface area (Å²) < 4.78 is 13.6. The Morgan fingerprint density at radius 3 is 2.58 bits per heavy atom. The van der Waals surface area contributed by atoms with Gasteiger partial charge in [-0.05, 0) is 42.6 Å². The van der Waals surface area contributed by atoms with E-state index in [9.17, 15) is 9.18 Å². The summed E-state index contributed by atoms with van der Waals surface area (Å²) >= 11 is 0. The molecule has 24 heavy (non-hydrogen) atoms. The first kappa shape index (κ1) is 18.4. The lowest BCUT2D eigenvalue weighted by molar-refractivity contribution is -0.122. The van der Waals surface area contributed by atoms with Gasteiger partial charge in [-0.2, -0.15) is 0 Å². The summed E-state index contributed by atoms with van der Waals surface area (Å²) in [5.41, 5.74) is 1.70. The predicted molar refractivity (Wildman–Crippen MR) is 95.7 cm³/mol. The van der Waals surface area contributed by atoms with Crippen LogP contribution in [0, 0.1) is 5.82 Å². The van der Waals surface area contributed by atoms with Crippen molar-refractivity contribution in [1.29, 1.82) is 0 Å². The number of amides is 1. The van der Waals surface area contributed by atoms with E-state index in [0.29, 0.717) is 6.42 Å². The number of hydrogen-bond donors (Lipinski definition) is 2. The van der Waals surface area contributed by atoms with Gasteiger partial charge in [-0.15, -0.1) is 12.4 Å². The van der Waals surface area contributed by atoms with Gasteiger partial charge in [-0.3, -0.25) is 4.79 Å². The van der Waals surface area contributed by atoms with Crippen molar-refractivity contribution in [1.82, 2.24) is 10.6 Å². The summed E-state index contributed by atoms with van der Waals surface area (Å²) in [6, 6.07) is 16.0. The van der Waals surface area contributed by atoms with E-state index < -0.39 is 0 Å². The van der Waals surface area contributed by atoms with Crippen molar-refractivity contribution in [2.45, 2.75) is 31.3 Å². The third-order valence-corrected chi connectivity index (χ3v) is 4.21. The molecule has 0 aromatic heterocycles. The molecule has 2 aromatic carbocycles. The zero-order valence-corrected chi connectivity index (χ0v) is 14.2. The minimum atomic E-state index is -0.333. The van der Waals surface area contributed by atoms with Crippen LogP contribution < -0.4 is 10.6 Å². The van der Waals surface area contributed by atoms with Gasteiger partial charge in [0.2, 0.25) is 5.91 Å². The molecular weight excluding hydrogens is 327 g/mol. The molecular formula is C19H22ClFN2O. The summed E-state index contributed by atoms with van der Waals surface area (Å²) in [5, 5.41) is 6.39. The Hall–Kier alpha value is -1.91. The van der Waals surface area contributed by atoms with Crippen LogP contribution in [-0.2, 0) is 4.79 Å². The SMILES string of the molecule is Cl.O=C(CC1CCCN1)NC(c1ccccc1)c1cccc(F)c1. The molecule has 3 rings (SSSR count). The second-order valence-corrected chi connectivity index (χ2v) is 5.96. The molecule has 0 radical (unpaired) electrons. The van der Waals surface area contributed by atoms with Crippen LogP contribution in [0.3, 0.4) is 0 Å². The third kappa shape index (κ3) is 4.79. The minimum absolute atomic E-state index is 0. The molecule has 0 bridgehead atoms. The molecule has 0 saturated carbocycles. The highest BCUT2D eigenvalue weighted by Crippen LogP contribution is 2.23. The van der Waals surface area contributed by atoms with Crippen LogP contribution in [0.15, 0.2) is 54.6 Å². The molecule has 2 unspecified atom stereocenters. The molecule has 1 heterocycles. The number of nitrogens with one attached hydrogen (secondary N) is 2. The Labute approximate surface area is 148 Å². The molecule has 1 aliphatic heterocycles. The van der Waals surface area contributed by atoms with E-state index in [1.807, 2.05) is 36.4 Å². The number of rotatable bonds is 5. The molecule has 0 spiro atoms. The van der Waals surface area contributed by atoms with Gasteiger partial charge >= 0.3 is 0 Å². The van der Waals surface area contributed by atoms with E-state index in [0.717, 1.165) is 30.5 Å². The number of benzene rings is 2. The summed E-state index contributed by atoms with van der Waals surface area (Å²) in [4.78, 5) is 12.4. The number of carbonyl (C=O) groups excluding carboxylic acids is 1. The highest BCUT2D eigenvalue weighted by Gasteiger charge is 2.21. The van der Waals surface area contributed by atoms with Gasteiger partial charge in [0.15, 0.2) is 0 Å². The van der Waals surface area contributed by atoms with Gasteiger partial charge in [-0.25, -0.2) is 4.39 Å². The maximum Gasteiger partial charge on any atom is 0.222 e. The molecule has 1 amide bonds. The first-order valence-electron chi connectivity index (χ1n) is 8.05. The Bertz CT molecular complexity index is 659. The van der Waals surface area contributed by atoms with Gasteiger partial charge < -0.3 is 10.6 Å². The highest BCUT2D eigenvalue weighted by molar-refractivity contribution is 5.85.